The topological polar surface area (TPSA) is 76.1 Å². The van der Waals surface area contributed by atoms with E-state index in [1.54, 1.807) is 7.11 Å². The summed E-state index contributed by atoms with van der Waals surface area (Å²) < 4.78 is 5.38. The molecule has 20 heavy (non-hydrogen) atoms. The Morgan fingerprint density at radius 3 is 2.85 bits per heavy atom. The normalized spacial score (nSPS) is 24.0. The van der Waals surface area contributed by atoms with E-state index in [1.807, 2.05) is 0 Å². The third kappa shape index (κ3) is 2.93. The van der Waals surface area contributed by atoms with Crippen molar-refractivity contribution in [3.8, 4) is 0 Å². The van der Waals surface area contributed by atoms with E-state index in [-0.39, 0.29) is 23.5 Å². The van der Waals surface area contributed by atoms with Gasteiger partial charge in [0.25, 0.3) is 5.91 Å². The molecule has 7 heteroatoms. The van der Waals surface area contributed by atoms with Crippen LogP contribution in [0.5, 0.6) is 0 Å². The fourth-order valence-electron chi connectivity index (χ4n) is 2.37. The molecule has 1 aromatic rings. The van der Waals surface area contributed by atoms with Crippen molar-refractivity contribution in [3.05, 3.63) is 5.01 Å². The monoisotopic (exact) mass is 298 g/mol. The maximum atomic E-state index is 12.1. The average molecular weight is 298 g/mol. The van der Waals surface area contributed by atoms with Gasteiger partial charge in [0.1, 0.15) is 0 Å². The molecule has 0 radical (unpaired) electrons. The largest absolute Gasteiger partial charge is 0.381 e. The molecular formula is C13H22N4O2S. The van der Waals surface area contributed by atoms with E-state index in [1.165, 1.54) is 11.3 Å². The molecule has 112 valence electrons. The summed E-state index contributed by atoms with van der Waals surface area (Å²) in [6.07, 6.45) is 2.05. The molecule has 1 aliphatic carbocycles. The van der Waals surface area contributed by atoms with Gasteiger partial charge < -0.3 is 15.4 Å². The highest BCUT2D eigenvalue weighted by atomic mass is 32.1. The zero-order chi connectivity index (χ0) is 14.8. The third-order valence-corrected chi connectivity index (χ3v) is 4.79. The third-order valence-electron chi connectivity index (χ3n) is 3.91. The van der Waals surface area contributed by atoms with Crippen molar-refractivity contribution in [2.45, 2.75) is 45.8 Å². The van der Waals surface area contributed by atoms with Crippen molar-refractivity contribution >= 4 is 22.4 Å². The van der Waals surface area contributed by atoms with Crippen LogP contribution in [-0.4, -0.2) is 41.9 Å². The van der Waals surface area contributed by atoms with Crippen LogP contribution in [0.4, 0.5) is 5.13 Å². The van der Waals surface area contributed by atoms with Gasteiger partial charge in [-0.25, -0.2) is 0 Å². The minimum absolute atomic E-state index is 0.0433. The van der Waals surface area contributed by atoms with Crippen molar-refractivity contribution in [2.24, 2.45) is 5.41 Å². The van der Waals surface area contributed by atoms with E-state index in [2.05, 4.69) is 41.6 Å². The van der Waals surface area contributed by atoms with Gasteiger partial charge in [-0.3, -0.25) is 4.79 Å². The summed E-state index contributed by atoms with van der Waals surface area (Å²) in [6.45, 7) is 7.11. The van der Waals surface area contributed by atoms with Gasteiger partial charge in [-0.1, -0.05) is 32.1 Å². The van der Waals surface area contributed by atoms with Crippen molar-refractivity contribution < 1.29 is 9.53 Å². The number of nitrogens with one attached hydrogen (secondary N) is 2. The minimum atomic E-state index is -0.153. The number of rotatable bonds is 6. The molecule has 2 rings (SSSR count). The fourth-order valence-corrected chi connectivity index (χ4v) is 3.04. The first-order valence-corrected chi connectivity index (χ1v) is 7.71. The smallest absolute Gasteiger partial charge is 0.282 e. The predicted octanol–water partition coefficient (Wildman–Crippen LogP) is 1.90. The zero-order valence-electron chi connectivity index (χ0n) is 12.4. The summed E-state index contributed by atoms with van der Waals surface area (Å²) in [5, 5.41) is 15.1. The predicted molar refractivity (Wildman–Crippen MR) is 79.1 cm³/mol. The molecule has 1 fully saturated rings. The SMILES string of the molecule is CCCNc1nnc(C(=O)NC2CC(OC)C2(C)C)s1. The fraction of sp³-hybridized carbons (Fsp3) is 0.769. The number of carbonyl (C=O) groups excluding carboxylic acids is 1. The maximum absolute atomic E-state index is 12.1. The molecule has 0 spiro atoms. The summed E-state index contributed by atoms with van der Waals surface area (Å²) >= 11 is 1.29. The molecule has 2 atom stereocenters. The zero-order valence-corrected chi connectivity index (χ0v) is 13.2. The maximum Gasteiger partial charge on any atom is 0.282 e. The number of anilines is 1. The van der Waals surface area contributed by atoms with Gasteiger partial charge in [0.15, 0.2) is 0 Å². The van der Waals surface area contributed by atoms with Crippen molar-refractivity contribution in [3.63, 3.8) is 0 Å². The van der Waals surface area contributed by atoms with Gasteiger partial charge in [-0.05, 0) is 12.8 Å². The lowest BCUT2D eigenvalue weighted by Crippen LogP contribution is -2.61. The quantitative estimate of drug-likeness (QED) is 0.839. The first kappa shape index (κ1) is 15.2. The molecule has 1 aliphatic rings. The van der Waals surface area contributed by atoms with E-state index in [4.69, 9.17) is 4.74 Å². The van der Waals surface area contributed by atoms with Crippen LogP contribution >= 0.6 is 11.3 Å². The molecule has 1 amide bonds. The van der Waals surface area contributed by atoms with Gasteiger partial charge in [-0.2, -0.15) is 0 Å². The van der Waals surface area contributed by atoms with Crippen molar-refractivity contribution in [1.82, 2.24) is 15.5 Å². The van der Waals surface area contributed by atoms with Gasteiger partial charge >= 0.3 is 0 Å². The van der Waals surface area contributed by atoms with Crippen LogP contribution < -0.4 is 10.6 Å². The van der Waals surface area contributed by atoms with Crippen LogP contribution in [-0.2, 0) is 4.74 Å². The standard InChI is InChI=1S/C13H22N4O2S/c1-5-6-14-12-17-16-11(20-12)10(18)15-8-7-9(19-4)13(8,2)3/h8-9H,5-7H2,1-4H3,(H,14,17)(H,15,18). The lowest BCUT2D eigenvalue weighted by atomic mass is 9.64. The summed E-state index contributed by atoms with van der Waals surface area (Å²) in [7, 11) is 1.71. The number of methoxy groups -OCH3 is 1. The second-order valence-electron chi connectivity index (χ2n) is 5.65. The Hall–Kier alpha value is -1.21. The summed E-state index contributed by atoms with van der Waals surface area (Å²) in [5.41, 5.74) is -0.0433. The highest BCUT2D eigenvalue weighted by Crippen LogP contribution is 2.42. The molecule has 0 aromatic carbocycles. The van der Waals surface area contributed by atoms with Crippen LogP contribution in [0.2, 0.25) is 0 Å². The van der Waals surface area contributed by atoms with Crippen LogP contribution in [0.3, 0.4) is 0 Å². The van der Waals surface area contributed by atoms with Gasteiger partial charge in [-0.15, -0.1) is 10.2 Å². The molecule has 1 saturated carbocycles. The molecule has 0 aliphatic heterocycles. The Balaban J connectivity index is 1.91. The second kappa shape index (κ2) is 6.05. The summed E-state index contributed by atoms with van der Waals surface area (Å²) in [4.78, 5) is 12.1. The first-order valence-electron chi connectivity index (χ1n) is 6.90. The molecule has 1 aromatic heterocycles. The van der Waals surface area contributed by atoms with Crippen LogP contribution in [0, 0.1) is 5.41 Å². The number of nitrogens with zero attached hydrogens (tertiary/aromatic N) is 2. The Labute approximate surface area is 123 Å². The van der Waals surface area contributed by atoms with E-state index < -0.39 is 0 Å². The Kier molecular flexibility index (Phi) is 4.59. The molecule has 6 nitrogen and oxygen atoms in total. The van der Waals surface area contributed by atoms with Crippen LogP contribution in [0.15, 0.2) is 0 Å². The van der Waals surface area contributed by atoms with Crippen molar-refractivity contribution in [2.75, 3.05) is 19.0 Å². The average Bonchev–Trinajstić information content (AvgIpc) is 2.89. The lowest BCUT2D eigenvalue weighted by Gasteiger charge is -2.51. The lowest BCUT2D eigenvalue weighted by molar-refractivity contribution is -0.0942. The number of hydrogen-bond donors (Lipinski definition) is 2. The highest BCUT2D eigenvalue weighted by Gasteiger charge is 2.49. The highest BCUT2D eigenvalue weighted by molar-refractivity contribution is 7.17. The van der Waals surface area contributed by atoms with E-state index in [0.29, 0.717) is 10.1 Å². The Morgan fingerprint density at radius 2 is 2.25 bits per heavy atom. The number of carbonyl (C=O) groups is 1. The van der Waals surface area contributed by atoms with E-state index in [9.17, 15) is 4.79 Å². The first-order chi connectivity index (χ1) is 9.48. The van der Waals surface area contributed by atoms with Crippen LogP contribution in [0.1, 0.15) is 43.4 Å². The van der Waals surface area contributed by atoms with Gasteiger partial charge in [0, 0.05) is 25.1 Å². The van der Waals surface area contributed by atoms with Gasteiger partial charge in [0.2, 0.25) is 10.1 Å². The molecule has 0 bridgehead atoms. The Morgan fingerprint density at radius 1 is 1.50 bits per heavy atom. The summed E-state index contributed by atoms with van der Waals surface area (Å²) in [5.74, 6) is -0.153. The number of aromatic nitrogens is 2. The molecule has 2 N–H and O–H groups in total. The van der Waals surface area contributed by atoms with Crippen molar-refractivity contribution in [1.29, 1.82) is 0 Å². The van der Waals surface area contributed by atoms with E-state index in [0.717, 1.165) is 19.4 Å². The minimum Gasteiger partial charge on any atom is -0.381 e. The number of amides is 1. The number of hydrogen-bond acceptors (Lipinski definition) is 6. The Bertz CT molecular complexity index is 475. The molecule has 1 heterocycles. The molecule has 0 saturated heterocycles. The van der Waals surface area contributed by atoms with E-state index >= 15 is 0 Å². The summed E-state index contributed by atoms with van der Waals surface area (Å²) in [6, 6.07) is 0.121. The number of ether oxygens (including phenoxy) is 1. The second-order valence-corrected chi connectivity index (χ2v) is 6.62. The molecule has 2 unspecified atom stereocenters. The molecular weight excluding hydrogens is 276 g/mol. The van der Waals surface area contributed by atoms with Crippen LogP contribution in [0.25, 0.3) is 0 Å². The van der Waals surface area contributed by atoms with Gasteiger partial charge in [0.05, 0.1) is 6.10 Å².